The molecule has 0 bridgehead atoms. The smallest absolute Gasteiger partial charge is 0.179 e. The molecule has 0 saturated heterocycles. The summed E-state index contributed by atoms with van der Waals surface area (Å²) in [5.41, 5.74) is 3.20. The minimum atomic E-state index is 0.712. The highest BCUT2D eigenvalue weighted by Crippen LogP contribution is 2.23. The molecule has 6 heteroatoms. The van der Waals surface area contributed by atoms with E-state index in [2.05, 4.69) is 45.8 Å². The number of hydrogen-bond donors (Lipinski definition) is 1. The van der Waals surface area contributed by atoms with E-state index in [1.807, 2.05) is 22.0 Å². The van der Waals surface area contributed by atoms with Gasteiger partial charge in [0.2, 0.25) is 0 Å². The molecule has 0 fully saturated rings. The molecule has 3 aromatic heterocycles. The minimum Gasteiger partial charge on any atom is -0.329 e. The summed E-state index contributed by atoms with van der Waals surface area (Å²) in [5.74, 6) is 0. The van der Waals surface area contributed by atoms with Gasteiger partial charge in [-0.3, -0.25) is 4.57 Å². The molecule has 0 aliphatic carbocycles. The summed E-state index contributed by atoms with van der Waals surface area (Å²) in [4.78, 5) is 10.3. The maximum atomic E-state index is 5.39. The Hall–Kier alpha value is -0.980. The quantitative estimate of drug-likeness (QED) is 0.684. The van der Waals surface area contributed by atoms with E-state index in [0.717, 1.165) is 22.2 Å². The zero-order valence-corrected chi connectivity index (χ0v) is 13.7. The lowest BCUT2D eigenvalue weighted by atomic mass is 10.3. The third-order valence-electron chi connectivity index (χ3n) is 3.11. The van der Waals surface area contributed by atoms with Crippen molar-refractivity contribution in [1.29, 1.82) is 0 Å². The van der Waals surface area contributed by atoms with Crippen LogP contribution in [0.2, 0.25) is 0 Å². The predicted molar refractivity (Wildman–Crippen MR) is 85.5 cm³/mol. The predicted octanol–water partition coefficient (Wildman–Crippen LogP) is 4.58. The van der Waals surface area contributed by atoms with E-state index in [4.69, 9.17) is 12.2 Å². The second-order valence-corrected chi connectivity index (χ2v) is 7.14. The first-order chi connectivity index (χ1) is 9.04. The van der Waals surface area contributed by atoms with Gasteiger partial charge in [-0.15, -0.1) is 11.3 Å². The van der Waals surface area contributed by atoms with Crippen LogP contribution in [0.1, 0.15) is 15.3 Å². The van der Waals surface area contributed by atoms with Gasteiger partial charge >= 0.3 is 0 Å². The number of hydrogen-bond acceptors (Lipinski definition) is 3. The van der Waals surface area contributed by atoms with Gasteiger partial charge in [0.1, 0.15) is 0 Å². The molecule has 1 N–H and O–H groups in total. The Morgan fingerprint density at radius 1 is 1.42 bits per heavy atom. The lowest BCUT2D eigenvalue weighted by Crippen LogP contribution is -1.98. The second kappa shape index (κ2) is 4.85. The number of H-pyrrole nitrogens is 1. The van der Waals surface area contributed by atoms with Gasteiger partial charge in [-0.05, 0) is 59.7 Å². The van der Waals surface area contributed by atoms with Crippen molar-refractivity contribution in [3.63, 3.8) is 0 Å². The average Bonchev–Trinajstić information content (AvgIpc) is 2.81. The summed E-state index contributed by atoms with van der Waals surface area (Å²) in [6, 6.07) is 4.22. The molecule has 3 heterocycles. The Kier molecular flexibility index (Phi) is 3.32. The molecule has 0 atom stereocenters. The van der Waals surface area contributed by atoms with Crippen LogP contribution in [0.15, 0.2) is 22.8 Å². The molecule has 0 spiro atoms. The number of aryl methyl sites for hydroxylation is 2. The van der Waals surface area contributed by atoms with Crippen LogP contribution in [-0.2, 0) is 6.54 Å². The maximum Gasteiger partial charge on any atom is 0.179 e. The molecular formula is C13H12BrN3S2. The highest BCUT2D eigenvalue weighted by Gasteiger charge is 2.09. The van der Waals surface area contributed by atoms with E-state index in [-0.39, 0.29) is 0 Å². The zero-order chi connectivity index (χ0) is 13.6. The molecule has 0 saturated carbocycles. The number of thiophene rings is 1. The minimum absolute atomic E-state index is 0.712. The largest absolute Gasteiger partial charge is 0.329 e. The zero-order valence-electron chi connectivity index (χ0n) is 10.5. The molecule has 0 aliphatic heterocycles. The molecule has 19 heavy (non-hydrogen) atoms. The summed E-state index contributed by atoms with van der Waals surface area (Å²) in [5, 5.41) is 0. The highest BCUT2D eigenvalue weighted by molar-refractivity contribution is 9.10. The van der Waals surface area contributed by atoms with Crippen LogP contribution in [0.4, 0.5) is 0 Å². The molecule has 0 unspecified atom stereocenters. The molecular weight excluding hydrogens is 342 g/mol. The van der Waals surface area contributed by atoms with Crippen LogP contribution in [0.5, 0.6) is 0 Å². The summed E-state index contributed by atoms with van der Waals surface area (Å²) >= 11 is 10.6. The number of rotatable bonds is 2. The molecule has 0 amide bonds. The molecule has 0 aromatic carbocycles. The second-order valence-electron chi connectivity index (χ2n) is 4.49. The third-order valence-corrected chi connectivity index (χ3v) is 5.00. The number of halogens is 1. The van der Waals surface area contributed by atoms with Crippen molar-refractivity contribution in [3.05, 3.63) is 42.9 Å². The average molecular weight is 354 g/mol. The van der Waals surface area contributed by atoms with Crippen molar-refractivity contribution in [2.45, 2.75) is 20.4 Å². The molecule has 3 aromatic rings. The Morgan fingerprint density at radius 3 is 2.89 bits per heavy atom. The number of nitrogens with zero attached hydrogens (tertiary/aromatic N) is 2. The monoisotopic (exact) mass is 353 g/mol. The third kappa shape index (κ3) is 2.40. The van der Waals surface area contributed by atoms with Crippen molar-refractivity contribution in [2.24, 2.45) is 0 Å². The van der Waals surface area contributed by atoms with Gasteiger partial charge in [-0.2, -0.15) is 0 Å². The summed E-state index contributed by atoms with van der Waals surface area (Å²) in [6.07, 6.45) is 1.80. The van der Waals surface area contributed by atoms with Gasteiger partial charge in [0.05, 0.1) is 12.1 Å². The van der Waals surface area contributed by atoms with E-state index < -0.39 is 0 Å². The lowest BCUT2D eigenvalue weighted by Gasteiger charge is -2.01. The first-order valence-corrected chi connectivity index (χ1v) is 7.86. The SMILES string of the molecule is Cc1cc(Cn2c(=S)[nH]c3cc(Br)cnc32)sc1C. The van der Waals surface area contributed by atoms with Crippen LogP contribution >= 0.6 is 39.5 Å². The van der Waals surface area contributed by atoms with Gasteiger partial charge in [0.25, 0.3) is 0 Å². The Balaban J connectivity index is 2.10. The van der Waals surface area contributed by atoms with E-state index in [0.29, 0.717) is 4.77 Å². The fraction of sp³-hybridized carbons (Fsp3) is 0.231. The summed E-state index contributed by atoms with van der Waals surface area (Å²) in [7, 11) is 0. The highest BCUT2D eigenvalue weighted by atomic mass is 79.9. The number of fused-ring (bicyclic) bond motifs is 1. The number of pyridine rings is 1. The normalized spacial score (nSPS) is 11.3. The number of imidazole rings is 1. The van der Waals surface area contributed by atoms with E-state index in [9.17, 15) is 0 Å². The molecule has 98 valence electrons. The number of aromatic amines is 1. The standard InChI is InChI=1S/C13H12BrN3S2/c1-7-3-10(19-8(7)2)6-17-12-11(16-13(17)18)4-9(14)5-15-12/h3-5H,6H2,1-2H3,(H,16,18). The summed E-state index contributed by atoms with van der Waals surface area (Å²) in [6.45, 7) is 5.05. The van der Waals surface area contributed by atoms with Crippen LogP contribution in [0, 0.1) is 18.6 Å². The molecule has 3 rings (SSSR count). The van der Waals surface area contributed by atoms with Crippen LogP contribution in [0.25, 0.3) is 11.2 Å². The molecule has 0 aliphatic rings. The molecule has 0 radical (unpaired) electrons. The Morgan fingerprint density at radius 2 is 2.21 bits per heavy atom. The van der Waals surface area contributed by atoms with Crippen molar-refractivity contribution < 1.29 is 0 Å². The number of nitrogens with one attached hydrogen (secondary N) is 1. The van der Waals surface area contributed by atoms with Gasteiger partial charge in [-0.1, -0.05) is 0 Å². The van der Waals surface area contributed by atoms with Gasteiger partial charge in [-0.25, -0.2) is 4.98 Å². The van der Waals surface area contributed by atoms with Crippen molar-refractivity contribution in [2.75, 3.05) is 0 Å². The van der Waals surface area contributed by atoms with Crippen LogP contribution in [0.3, 0.4) is 0 Å². The van der Waals surface area contributed by atoms with E-state index in [1.54, 1.807) is 6.20 Å². The van der Waals surface area contributed by atoms with Gasteiger partial charge in [0, 0.05) is 20.4 Å². The van der Waals surface area contributed by atoms with Crippen molar-refractivity contribution in [3.8, 4) is 0 Å². The Labute approximate surface area is 128 Å². The summed E-state index contributed by atoms with van der Waals surface area (Å²) < 4.78 is 3.71. The van der Waals surface area contributed by atoms with Crippen LogP contribution < -0.4 is 0 Å². The van der Waals surface area contributed by atoms with Crippen molar-refractivity contribution >= 4 is 50.6 Å². The van der Waals surface area contributed by atoms with E-state index >= 15 is 0 Å². The Bertz CT molecular complexity index is 794. The topological polar surface area (TPSA) is 33.6 Å². The fourth-order valence-electron chi connectivity index (χ4n) is 2.05. The fourth-order valence-corrected chi connectivity index (χ4v) is 3.68. The van der Waals surface area contributed by atoms with Gasteiger partial charge in [0.15, 0.2) is 10.4 Å². The van der Waals surface area contributed by atoms with Crippen LogP contribution in [-0.4, -0.2) is 14.5 Å². The molecule has 3 nitrogen and oxygen atoms in total. The maximum absolute atomic E-state index is 5.39. The van der Waals surface area contributed by atoms with Crippen molar-refractivity contribution in [1.82, 2.24) is 14.5 Å². The first-order valence-electron chi connectivity index (χ1n) is 5.84. The van der Waals surface area contributed by atoms with E-state index in [1.165, 1.54) is 15.3 Å². The lowest BCUT2D eigenvalue weighted by molar-refractivity contribution is 0.812. The van der Waals surface area contributed by atoms with Gasteiger partial charge < -0.3 is 4.98 Å². The number of aromatic nitrogens is 3. The first kappa shape index (κ1) is 13.0.